The normalized spacial score (nSPS) is 9.56. The van der Waals surface area contributed by atoms with Gasteiger partial charge in [-0.1, -0.05) is 66.2 Å². The van der Waals surface area contributed by atoms with Gasteiger partial charge in [0.1, 0.15) is 0 Å². The van der Waals surface area contributed by atoms with Gasteiger partial charge in [0.05, 0.1) is 0 Å². The molecule has 16 heavy (non-hydrogen) atoms. The third-order valence-corrected chi connectivity index (χ3v) is 2.60. The fourth-order valence-electron chi connectivity index (χ4n) is 1.11. The molecule has 0 amide bonds. The zero-order valence-electron chi connectivity index (χ0n) is 9.21. The molecular formula is C14H14OP. The summed E-state index contributed by atoms with van der Waals surface area (Å²) in [7, 11) is 0.751. The first kappa shape index (κ1) is 12.6. The van der Waals surface area contributed by atoms with E-state index in [9.17, 15) is 4.79 Å². The minimum atomic E-state index is 0.751. The number of benzene rings is 2. The molecule has 1 radical (unpaired) electrons. The summed E-state index contributed by atoms with van der Waals surface area (Å²) in [6.07, 6.45) is 0. The van der Waals surface area contributed by atoms with E-state index in [4.69, 9.17) is 0 Å². The van der Waals surface area contributed by atoms with Crippen LogP contribution in [0, 0.1) is 6.92 Å². The standard InChI is InChI=1S/C7H6OP.C7H8/c8-6-9-7-4-2-1-3-5-7;1-7-5-3-2-4-6-7/h1-6H;2-6H,1H3. The maximum atomic E-state index is 9.96. The minimum Gasteiger partial charge on any atom is -0.297 e. The van der Waals surface area contributed by atoms with Crippen LogP contribution in [0.2, 0.25) is 0 Å². The molecule has 0 aliphatic rings. The van der Waals surface area contributed by atoms with Crippen molar-refractivity contribution >= 4 is 19.9 Å². The fourth-order valence-corrected chi connectivity index (χ4v) is 1.58. The van der Waals surface area contributed by atoms with Crippen molar-refractivity contribution in [1.29, 1.82) is 0 Å². The highest BCUT2D eigenvalue weighted by atomic mass is 31.1. The van der Waals surface area contributed by atoms with E-state index in [1.54, 1.807) is 0 Å². The predicted molar refractivity (Wildman–Crippen MR) is 70.9 cm³/mol. The first-order valence-electron chi connectivity index (χ1n) is 5.04. The molecule has 0 saturated heterocycles. The molecule has 0 aliphatic heterocycles. The van der Waals surface area contributed by atoms with E-state index in [1.807, 2.05) is 48.5 Å². The van der Waals surface area contributed by atoms with Crippen molar-refractivity contribution in [3.05, 3.63) is 66.2 Å². The van der Waals surface area contributed by atoms with Gasteiger partial charge in [-0.3, -0.25) is 4.79 Å². The van der Waals surface area contributed by atoms with Gasteiger partial charge in [-0.2, -0.15) is 0 Å². The van der Waals surface area contributed by atoms with Gasteiger partial charge in [-0.25, -0.2) is 0 Å². The van der Waals surface area contributed by atoms with Crippen LogP contribution in [0.3, 0.4) is 0 Å². The van der Waals surface area contributed by atoms with Gasteiger partial charge < -0.3 is 0 Å². The lowest BCUT2D eigenvalue weighted by Crippen LogP contribution is -1.89. The van der Waals surface area contributed by atoms with Gasteiger partial charge in [0.15, 0.2) is 6.03 Å². The maximum absolute atomic E-state index is 9.96. The molecule has 2 rings (SSSR count). The number of hydrogen-bond donors (Lipinski definition) is 0. The minimum absolute atomic E-state index is 0.751. The Labute approximate surface area is 98.3 Å². The second kappa shape index (κ2) is 7.78. The van der Waals surface area contributed by atoms with Crippen molar-refractivity contribution in [2.75, 3.05) is 0 Å². The summed E-state index contributed by atoms with van der Waals surface area (Å²) in [5, 5.41) is 1.05. The van der Waals surface area contributed by atoms with Crippen LogP contribution in [0.25, 0.3) is 0 Å². The van der Waals surface area contributed by atoms with Crippen LogP contribution in [0.15, 0.2) is 60.7 Å². The van der Waals surface area contributed by atoms with Gasteiger partial charge in [0.2, 0.25) is 0 Å². The SMILES string of the molecule is Cc1ccccc1.O=C[P]c1ccccc1. The van der Waals surface area contributed by atoms with Gasteiger partial charge in [0.25, 0.3) is 0 Å². The fraction of sp³-hybridized carbons (Fsp3) is 0.0714. The van der Waals surface area contributed by atoms with Crippen molar-refractivity contribution in [3.63, 3.8) is 0 Å². The van der Waals surface area contributed by atoms with E-state index < -0.39 is 0 Å². The molecule has 2 aromatic carbocycles. The van der Waals surface area contributed by atoms with Crippen molar-refractivity contribution < 1.29 is 4.79 Å². The van der Waals surface area contributed by atoms with Gasteiger partial charge in [-0.15, -0.1) is 0 Å². The van der Waals surface area contributed by atoms with Crippen LogP contribution in [0.5, 0.6) is 0 Å². The summed E-state index contributed by atoms with van der Waals surface area (Å²) in [6.45, 7) is 2.08. The molecule has 0 atom stereocenters. The van der Waals surface area contributed by atoms with E-state index >= 15 is 0 Å². The lowest BCUT2D eigenvalue weighted by Gasteiger charge is -1.88. The summed E-state index contributed by atoms with van der Waals surface area (Å²) in [5.41, 5.74) is 1.32. The van der Waals surface area contributed by atoms with Crippen LogP contribution in [-0.4, -0.2) is 6.03 Å². The Morgan fingerprint density at radius 1 is 0.875 bits per heavy atom. The zero-order chi connectivity index (χ0) is 11.6. The third kappa shape index (κ3) is 5.43. The molecule has 0 bridgehead atoms. The molecule has 0 spiro atoms. The van der Waals surface area contributed by atoms with E-state index in [-0.39, 0.29) is 0 Å². The predicted octanol–water partition coefficient (Wildman–Crippen LogP) is 3.44. The zero-order valence-corrected chi connectivity index (χ0v) is 10.1. The van der Waals surface area contributed by atoms with Crippen molar-refractivity contribution in [2.45, 2.75) is 6.92 Å². The Hall–Kier alpha value is -1.46. The van der Waals surface area contributed by atoms with E-state index in [0.29, 0.717) is 0 Å². The Bertz CT molecular complexity index is 398. The maximum Gasteiger partial charge on any atom is 0.151 e. The quantitative estimate of drug-likeness (QED) is 0.569. The molecule has 1 nitrogen and oxygen atoms in total. The largest absolute Gasteiger partial charge is 0.297 e. The molecular weight excluding hydrogens is 215 g/mol. The first-order chi connectivity index (χ1) is 7.83. The highest BCUT2D eigenvalue weighted by Gasteiger charge is 1.85. The topological polar surface area (TPSA) is 17.1 Å². The van der Waals surface area contributed by atoms with Crippen LogP contribution in [0.1, 0.15) is 5.56 Å². The number of carbonyl (C=O) groups excluding carboxylic acids is 1. The molecule has 0 aliphatic carbocycles. The number of hydrogen-bond acceptors (Lipinski definition) is 1. The second-order valence-electron chi connectivity index (χ2n) is 3.22. The van der Waals surface area contributed by atoms with Gasteiger partial charge in [0, 0.05) is 8.58 Å². The summed E-state index contributed by atoms with van der Waals surface area (Å²) in [6, 6.07) is 20.8. The van der Waals surface area contributed by atoms with Gasteiger partial charge >= 0.3 is 0 Å². The number of aryl methyl sites for hydroxylation is 1. The third-order valence-electron chi connectivity index (χ3n) is 1.90. The summed E-state index contributed by atoms with van der Waals surface area (Å²) in [5.74, 6) is 0. The lowest BCUT2D eigenvalue weighted by atomic mass is 10.2. The monoisotopic (exact) mass is 229 g/mol. The van der Waals surface area contributed by atoms with Crippen molar-refractivity contribution in [3.8, 4) is 0 Å². The van der Waals surface area contributed by atoms with Crippen LogP contribution < -0.4 is 5.30 Å². The van der Waals surface area contributed by atoms with E-state index in [1.165, 1.54) is 5.56 Å². The Morgan fingerprint density at radius 3 is 1.75 bits per heavy atom. The highest BCUT2D eigenvalue weighted by molar-refractivity contribution is 7.62. The molecule has 2 heteroatoms. The molecule has 0 unspecified atom stereocenters. The Morgan fingerprint density at radius 2 is 1.38 bits per heavy atom. The molecule has 2 aromatic rings. The van der Waals surface area contributed by atoms with Crippen LogP contribution in [-0.2, 0) is 4.79 Å². The number of rotatable bonds is 2. The van der Waals surface area contributed by atoms with Gasteiger partial charge in [-0.05, 0) is 12.2 Å². The average Bonchev–Trinajstić information content (AvgIpc) is 2.33. The summed E-state index contributed by atoms with van der Waals surface area (Å²) < 4.78 is 0. The van der Waals surface area contributed by atoms with Crippen molar-refractivity contribution in [2.24, 2.45) is 0 Å². The molecule has 0 heterocycles. The smallest absolute Gasteiger partial charge is 0.151 e. The molecule has 0 aromatic heterocycles. The second-order valence-corrected chi connectivity index (χ2v) is 4.21. The molecule has 0 N–H and O–H groups in total. The van der Waals surface area contributed by atoms with E-state index in [0.717, 1.165) is 19.9 Å². The average molecular weight is 229 g/mol. The van der Waals surface area contributed by atoms with Crippen LogP contribution in [0.4, 0.5) is 0 Å². The van der Waals surface area contributed by atoms with Crippen LogP contribution >= 0.6 is 8.58 Å². The molecule has 0 fully saturated rings. The summed E-state index contributed by atoms with van der Waals surface area (Å²) >= 11 is 0. The van der Waals surface area contributed by atoms with Crippen molar-refractivity contribution in [1.82, 2.24) is 0 Å². The Kier molecular flexibility index (Phi) is 6.13. The highest BCUT2D eigenvalue weighted by Crippen LogP contribution is 2.02. The lowest BCUT2D eigenvalue weighted by molar-refractivity contribution is 0.569. The first-order valence-corrected chi connectivity index (χ1v) is 6.00. The number of carbonyl (C=O) groups is 1. The Balaban J connectivity index is 0.000000165. The van der Waals surface area contributed by atoms with E-state index in [2.05, 4.69) is 19.1 Å². The molecule has 81 valence electrons. The summed E-state index contributed by atoms with van der Waals surface area (Å²) in [4.78, 5) is 9.96. The molecule has 0 saturated carbocycles.